The highest BCUT2D eigenvalue weighted by atomic mass is 16.5. The highest BCUT2D eigenvalue weighted by molar-refractivity contribution is 5.88. The summed E-state index contributed by atoms with van der Waals surface area (Å²) in [6.07, 6.45) is 5.09. The number of carbonyl (C=O) groups excluding carboxylic acids is 2. The predicted molar refractivity (Wildman–Crippen MR) is 161 cm³/mol. The van der Waals surface area contributed by atoms with Crippen molar-refractivity contribution in [3.05, 3.63) is 71.7 Å². The van der Waals surface area contributed by atoms with Crippen molar-refractivity contribution >= 4 is 11.8 Å². The van der Waals surface area contributed by atoms with Crippen LogP contribution in [0.25, 0.3) is 11.4 Å². The van der Waals surface area contributed by atoms with Gasteiger partial charge in [-0.25, -0.2) is 0 Å². The van der Waals surface area contributed by atoms with Crippen LogP contribution in [-0.4, -0.2) is 64.3 Å². The van der Waals surface area contributed by atoms with E-state index in [2.05, 4.69) is 20.7 Å². The number of carbonyl (C=O) groups is 2. The molecule has 44 heavy (non-hydrogen) atoms. The van der Waals surface area contributed by atoms with Crippen molar-refractivity contribution in [1.82, 2.24) is 30.4 Å². The van der Waals surface area contributed by atoms with Gasteiger partial charge in [0.25, 0.3) is 5.91 Å². The smallest absolute Gasteiger partial charge is 0.250 e. The van der Waals surface area contributed by atoms with E-state index in [0.29, 0.717) is 40.2 Å². The third kappa shape index (κ3) is 7.19. The summed E-state index contributed by atoms with van der Waals surface area (Å²) < 4.78 is 22.0. The second-order valence-electron chi connectivity index (χ2n) is 10.8. The van der Waals surface area contributed by atoms with Gasteiger partial charge in [0.1, 0.15) is 23.8 Å². The van der Waals surface area contributed by atoms with Gasteiger partial charge in [-0.2, -0.15) is 4.80 Å². The van der Waals surface area contributed by atoms with E-state index >= 15 is 0 Å². The number of rotatable bonds is 12. The molecule has 0 bridgehead atoms. The molecule has 2 aromatic heterocycles. The summed E-state index contributed by atoms with van der Waals surface area (Å²) in [5.41, 5.74) is 1.46. The van der Waals surface area contributed by atoms with E-state index in [0.717, 1.165) is 37.7 Å². The second-order valence-corrected chi connectivity index (χ2v) is 10.8. The molecule has 2 amide bonds. The lowest BCUT2D eigenvalue weighted by atomic mass is 9.95. The summed E-state index contributed by atoms with van der Waals surface area (Å²) in [4.78, 5) is 30.8. The molecular weight excluding hydrogens is 564 g/mol. The number of hydrogen-bond acceptors (Lipinski definition) is 9. The van der Waals surface area contributed by atoms with Crippen LogP contribution < -0.4 is 19.5 Å². The van der Waals surface area contributed by atoms with Crippen molar-refractivity contribution in [3.8, 4) is 28.6 Å². The Morgan fingerprint density at radius 2 is 1.73 bits per heavy atom. The molecule has 4 aromatic rings. The number of tetrazole rings is 1. The first-order chi connectivity index (χ1) is 21.4. The number of hydrogen-bond donors (Lipinski definition) is 1. The minimum absolute atomic E-state index is 0.0498. The summed E-state index contributed by atoms with van der Waals surface area (Å²) in [6.45, 7) is 1.70. The number of ether oxygens (including phenoxy) is 3. The van der Waals surface area contributed by atoms with Gasteiger partial charge in [0.2, 0.25) is 11.7 Å². The average Bonchev–Trinajstić information content (AvgIpc) is 3.70. The van der Waals surface area contributed by atoms with Crippen LogP contribution >= 0.6 is 0 Å². The van der Waals surface area contributed by atoms with Crippen LogP contribution in [0.3, 0.4) is 0 Å². The SMILES string of the molecule is COc1ccc(CN(C(=O)Cn2nnc(-c3ccc(OC)c(OC)c3)n2)[C@@H](C(=O)NC2CCCCC2)c2ccc(C)o2)cc1. The summed E-state index contributed by atoms with van der Waals surface area (Å²) in [5.74, 6) is 2.45. The first-order valence-corrected chi connectivity index (χ1v) is 14.7. The first-order valence-electron chi connectivity index (χ1n) is 14.7. The molecule has 1 saturated carbocycles. The van der Waals surface area contributed by atoms with Gasteiger partial charge in [0, 0.05) is 18.2 Å². The van der Waals surface area contributed by atoms with Crippen molar-refractivity contribution in [3.63, 3.8) is 0 Å². The van der Waals surface area contributed by atoms with Gasteiger partial charge in [-0.05, 0) is 73.0 Å². The quantitative estimate of drug-likeness (QED) is 0.249. The summed E-state index contributed by atoms with van der Waals surface area (Å²) in [6, 6.07) is 15.2. The minimum atomic E-state index is -1.01. The van der Waals surface area contributed by atoms with Crippen molar-refractivity contribution in [1.29, 1.82) is 0 Å². The predicted octanol–water partition coefficient (Wildman–Crippen LogP) is 4.49. The molecule has 2 heterocycles. The molecule has 12 heteroatoms. The molecule has 1 aliphatic carbocycles. The maximum atomic E-state index is 14.1. The molecule has 0 unspecified atom stereocenters. The van der Waals surface area contributed by atoms with Crippen LogP contribution in [-0.2, 0) is 22.7 Å². The number of aromatic nitrogens is 4. The monoisotopic (exact) mass is 602 g/mol. The zero-order valence-electron chi connectivity index (χ0n) is 25.5. The van der Waals surface area contributed by atoms with Crippen LogP contribution in [0.1, 0.15) is 55.2 Å². The van der Waals surface area contributed by atoms with Crippen LogP contribution in [0, 0.1) is 6.92 Å². The number of furan rings is 1. The van der Waals surface area contributed by atoms with E-state index in [-0.39, 0.29) is 30.9 Å². The molecule has 5 rings (SSSR count). The molecule has 0 radical (unpaired) electrons. The Balaban J connectivity index is 1.45. The summed E-state index contributed by atoms with van der Waals surface area (Å²) >= 11 is 0. The van der Waals surface area contributed by atoms with E-state index in [1.165, 1.54) is 9.70 Å². The van der Waals surface area contributed by atoms with Gasteiger partial charge in [-0.1, -0.05) is 31.4 Å². The fraction of sp³-hybridized carbons (Fsp3) is 0.406. The normalized spacial score (nSPS) is 14.1. The Kier molecular flexibility index (Phi) is 9.78. The van der Waals surface area contributed by atoms with E-state index in [1.807, 2.05) is 31.2 Å². The molecule has 12 nitrogen and oxygen atoms in total. The van der Waals surface area contributed by atoms with E-state index in [4.69, 9.17) is 18.6 Å². The molecule has 1 atom stereocenters. The number of amides is 2. The maximum Gasteiger partial charge on any atom is 0.250 e. The fourth-order valence-corrected chi connectivity index (χ4v) is 5.42. The third-order valence-corrected chi connectivity index (χ3v) is 7.75. The topological polar surface area (TPSA) is 134 Å². The number of nitrogens with zero attached hydrogens (tertiary/aromatic N) is 5. The lowest BCUT2D eigenvalue weighted by Gasteiger charge is -2.32. The lowest BCUT2D eigenvalue weighted by Crippen LogP contribution is -2.47. The molecule has 1 fully saturated rings. The van der Waals surface area contributed by atoms with Gasteiger partial charge in [-0.15, -0.1) is 10.2 Å². The Morgan fingerprint density at radius 3 is 2.39 bits per heavy atom. The van der Waals surface area contributed by atoms with E-state index < -0.39 is 6.04 Å². The number of benzene rings is 2. The molecule has 0 saturated heterocycles. The molecule has 2 aromatic carbocycles. The van der Waals surface area contributed by atoms with E-state index in [1.54, 1.807) is 51.7 Å². The minimum Gasteiger partial charge on any atom is -0.497 e. The number of methoxy groups -OCH3 is 3. The van der Waals surface area contributed by atoms with Gasteiger partial charge >= 0.3 is 0 Å². The van der Waals surface area contributed by atoms with Gasteiger partial charge in [0.15, 0.2) is 17.5 Å². The third-order valence-electron chi connectivity index (χ3n) is 7.75. The summed E-state index contributed by atoms with van der Waals surface area (Å²) in [7, 11) is 4.70. The van der Waals surface area contributed by atoms with Gasteiger partial charge in [0.05, 0.1) is 21.3 Å². The average molecular weight is 603 g/mol. The van der Waals surface area contributed by atoms with Crippen molar-refractivity contribution in [2.45, 2.75) is 64.2 Å². The Labute approximate surface area is 256 Å². The first kappa shape index (κ1) is 30.6. The number of nitrogens with one attached hydrogen (secondary N) is 1. The van der Waals surface area contributed by atoms with Gasteiger partial charge < -0.3 is 28.8 Å². The van der Waals surface area contributed by atoms with Crippen LogP contribution in [0.5, 0.6) is 17.2 Å². The molecule has 0 aliphatic heterocycles. The molecule has 1 N–H and O–H groups in total. The molecule has 1 aliphatic rings. The van der Waals surface area contributed by atoms with Crippen LogP contribution in [0.4, 0.5) is 0 Å². The van der Waals surface area contributed by atoms with Crippen molar-refractivity contribution in [2.75, 3.05) is 21.3 Å². The molecule has 0 spiro atoms. The van der Waals surface area contributed by atoms with Crippen LogP contribution in [0.15, 0.2) is 59.0 Å². The fourth-order valence-electron chi connectivity index (χ4n) is 5.42. The maximum absolute atomic E-state index is 14.1. The highest BCUT2D eigenvalue weighted by Crippen LogP contribution is 2.31. The van der Waals surface area contributed by atoms with E-state index in [9.17, 15) is 9.59 Å². The summed E-state index contributed by atoms with van der Waals surface area (Å²) in [5, 5.41) is 15.9. The molecule has 232 valence electrons. The Morgan fingerprint density at radius 1 is 0.977 bits per heavy atom. The van der Waals surface area contributed by atoms with Crippen molar-refractivity contribution in [2.24, 2.45) is 0 Å². The zero-order valence-corrected chi connectivity index (χ0v) is 25.5. The van der Waals surface area contributed by atoms with Crippen molar-refractivity contribution < 1.29 is 28.2 Å². The Hall–Kier alpha value is -4.87. The molecular formula is C32H38N6O6. The highest BCUT2D eigenvalue weighted by Gasteiger charge is 2.35. The second kappa shape index (κ2) is 14.1. The largest absolute Gasteiger partial charge is 0.497 e. The van der Waals surface area contributed by atoms with Gasteiger partial charge in [-0.3, -0.25) is 9.59 Å². The standard InChI is InChI=1S/C32H38N6O6/c1-21-10-16-27(44-21)30(32(40)33-24-8-6-5-7-9-24)37(19-22-11-14-25(41-2)15-12-22)29(39)20-38-35-31(34-36-38)23-13-17-26(42-3)28(18-23)43-4/h10-18,24,30H,5-9,19-20H2,1-4H3,(H,33,40)/t30-/m1/s1. The number of aryl methyl sites for hydroxylation is 1. The Bertz CT molecular complexity index is 1560. The lowest BCUT2D eigenvalue weighted by molar-refractivity contribution is -0.143. The zero-order chi connectivity index (χ0) is 31.1. The van der Waals surface area contributed by atoms with Crippen LogP contribution in [0.2, 0.25) is 0 Å².